The number of benzene rings is 1. The summed E-state index contributed by atoms with van der Waals surface area (Å²) in [5.41, 5.74) is 5.43. The van der Waals surface area contributed by atoms with Gasteiger partial charge in [-0.05, 0) is 68.7 Å². The standard InChI is InChI=1S/C24H37N3O/c1-18-7-6-11-26(15-18)16-21-13-19(2)14-22(20(21)3)17-27-12-10-25-23(28)24(27)8-4-5-9-24/h13-14,18H,4-12,15-17H2,1-3H3,(H,25,28). The van der Waals surface area contributed by atoms with E-state index in [0.717, 1.165) is 44.9 Å². The average molecular weight is 384 g/mol. The second kappa shape index (κ2) is 8.16. The SMILES string of the molecule is Cc1cc(CN2CCCC(C)C2)c(C)c(CN2CCNC(=O)C23CCCC3)c1. The van der Waals surface area contributed by atoms with Crippen LogP contribution in [-0.4, -0.2) is 47.4 Å². The number of piperidine rings is 1. The highest BCUT2D eigenvalue weighted by Gasteiger charge is 2.47. The quantitative estimate of drug-likeness (QED) is 0.859. The van der Waals surface area contributed by atoms with E-state index in [4.69, 9.17) is 0 Å². The van der Waals surface area contributed by atoms with Crippen molar-refractivity contribution in [1.29, 1.82) is 0 Å². The number of piperazine rings is 1. The van der Waals surface area contributed by atoms with E-state index in [1.54, 1.807) is 0 Å². The maximum absolute atomic E-state index is 12.8. The van der Waals surface area contributed by atoms with E-state index in [0.29, 0.717) is 0 Å². The number of nitrogens with one attached hydrogen (secondary N) is 1. The number of carbonyl (C=O) groups excluding carboxylic acids is 1. The lowest BCUT2D eigenvalue weighted by Gasteiger charge is -2.44. The Hall–Kier alpha value is -1.39. The summed E-state index contributed by atoms with van der Waals surface area (Å²) in [5.74, 6) is 1.08. The topological polar surface area (TPSA) is 35.6 Å². The number of hydrogen-bond acceptors (Lipinski definition) is 3. The molecule has 1 saturated carbocycles. The summed E-state index contributed by atoms with van der Waals surface area (Å²) < 4.78 is 0. The predicted molar refractivity (Wildman–Crippen MR) is 114 cm³/mol. The third-order valence-electron chi connectivity index (χ3n) is 7.39. The molecule has 2 aliphatic heterocycles. The second-order valence-electron chi connectivity index (χ2n) is 9.61. The van der Waals surface area contributed by atoms with Crippen molar-refractivity contribution in [2.75, 3.05) is 26.2 Å². The zero-order valence-electron chi connectivity index (χ0n) is 18.0. The van der Waals surface area contributed by atoms with E-state index in [1.807, 2.05) is 0 Å². The first-order valence-electron chi connectivity index (χ1n) is 11.3. The van der Waals surface area contributed by atoms with Crippen LogP contribution in [0.2, 0.25) is 0 Å². The molecule has 0 aromatic heterocycles. The summed E-state index contributed by atoms with van der Waals surface area (Å²) >= 11 is 0. The molecule has 0 radical (unpaired) electrons. The Morgan fingerprint density at radius 3 is 2.50 bits per heavy atom. The van der Waals surface area contributed by atoms with E-state index in [1.165, 1.54) is 61.0 Å². The summed E-state index contributed by atoms with van der Waals surface area (Å²) in [6.45, 7) is 13.1. The minimum atomic E-state index is -0.253. The van der Waals surface area contributed by atoms with Gasteiger partial charge in [0.05, 0.1) is 0 Å². The summed E-state index contributed by atoms with van der Waals surface area (Å²) in [4.78, 5) is 17.9. The first-order valence-corrected chi connectivity index (χ1v) is 11.3. The van der Waals surface area contributed by atoms with E-state index < -0.39 is 0 Å². The molecule has 2 saturated heterocycles. The lowest BCUT2D eigenvalue weighted by molar-refractivity contribution is -0.137. The van der Waals surface area contributed by atoms with Crippen LogP contribution in [0.3, 0.4) is 0 Å². The van der Waals surface area contributed by atoms with Crippen LogP contribution < -0.4 is 5.32 Å². The molecule has 1 unspecified atom stereocenters. The van der Waals surface area contributed by atoms with Crippen LogP contribution in [0.4, 0.5) is 0 Å². The first-order chi connectivity index (χ1) is 13.5. The largest absolute Gasteiger partial charge is 0.353 e. The predicted octanol–water partition coefficient (Wildman–Crippen LogP) is 3.78. The minimum absolute atomic E-state index is 0.253. The zero-order chi connectivity index (χ0) is 19.7. The normalized spacial score (nSPS) is 26.0. The van der Waals surface area contributed by atoms with Crippen LogP contribution in [0.5, 0.6) is 0 Å². The lowest BCUT2D eigenvalue weighted by atomic mass is 9.89. The summed E-state index contributed by atoms with van der Waals surface area (Å²) in [5, 5.41) is 3.14. The first kappa shape index (κ1) is 19.9. The van der Waals surface area contributed by atoms with Gasteiger partial charge in [-0.2, -0.15) is 0 Å². The van der Waals surface area contributed by atoms with Gasteiger partial charge in [-0.25, -0.2) is 0 Å². The number of aryl methyl sites for hydroxylation is 1. The van der Waals surface area contributed by atoms with Crippen molar-refractivity contribution in [2.24, 2.45) is 5.92 Å². The Bertz CT molecular complexity index is 723. The fourth-order valence-corrected chi connectivity index (χ4v) is 5.78. The molecule has 1 N–H and O–H groups in total. The molecule has 154 valence electrons. The molecule has 3 fully saturated rings. The van der Waals surface area contributed by atoms with Gasteiger partial charge in [0, 0.05) is 32.7 Å². The lowest BCUT2D eigenvalue weighted by Crippen LogP contribution is -2.63. The Morgan fingerprint density at radius 1 is 1.07 bits per heavy atom. The number of carbonyl (C=O) groups is 1. The highest BCUT2D eigenvalue weighted by molar-refractivity contribution is 5.87. The number of likely N-dealkylation sites (tertiary alicyclic amines) is 1. The molecular formula is C24H37N3O. The van der Waals surface area contributed by atoms with Crippen molar-refractivity contribution in [1.82, 2.24) is 15.1 Å². The highest BCUT2D eigenvalue weighted by Crippen LogP contribution is 2.38. The van der Waals surface area contributed by atoms with E-state index in [9.17, 15) is 4.79 Å². The molecule has 4 nitrogen and oxygen atoms in total. The van der Waals surface area contributed by atoms with E-state index >= 15 is 0 Å². The van der Waals surface area contributed by atoms with Gasteiger partial charge in [0.1, 0.15) is 5.54 Å². The molecule has 4 rings (SSSR count). The van der Waals surface area contributed by atoms with Gasteiger partial charge >= 0.3 is 0 Å². The van der Waals surface area contributed by atoms with Gasteiger partial charge in [0.15, 0.2) is 0 Å². The number of nitrogens with zero attached hydrogens (tertiary/aromatic N) is 2. The monoisotopic (exact) mass is 383 g/mol. The molecule has 1 aromatic rings. The summed E-state index contributed by atoms with van der Waals surface area (Å²) in [6.07, 6.45) is 7.08. The molecule has 1 atom stereocenters. The van der Waals surface area contributed by atoms with Crippen molar-refractivity contribution in [3.8, 4) is 0 Å². The maximum atomic E-state index is 12.8. The second-order valence-corrected chi connectivity index (χ2v) is 9.61. The molecule has 2 heterocycles. The molecule has 0 bridgehead atoms. The molecule has 4 heteroatoms. The number of rotatable bonds is 4. The van der Waals surface area contributed by atoms with Crippen LogP contribution in [0.25, 0.3) is 0 Å². The molecule has 1 amide bonds. The molecule has 1 aromatic carbocycles. The number of amides is 1. The van der Waals surface area contributed by atoms with Crippen LogP contribution in [0.15, 0.2) is 12.1 Å². The Morgan fingerprint density at radius 2 is 1.79 bits per heavy atom. The molecule has 1 aliphatic carbocycles. The molecular weight excluding hydrogens is 346 g/mol. The van der Waals surface area contributed by atoms with Crippen molar-refractivity contribution in [3.63, 3.8) is 0 Å². The Labute approximate surface area is 170 Å². The maximum Gasteiger partial charge on any atom is 0.240 e. The fraction of sp³-hybridized carbons (Fsp3) is 0.708. The van der Waals surface area contributed by atoms with Crippen molar-refractivity contribution in [2.45, 2.75) is 77.9 Å². The van der Waals surface area contributed by atoms with Gasteiger partial charge in [-0.1, -0.05) is 37.5 Å². The number of hydrogen-bond donors (Lipinski definition) is 1. The third kappa shape index (κ3) is 3.86. The van der Waals surface area contributed by atoms with Gasteiger partial charge < -0.3 is 5.32 Å². The third-order valence-corrected chi connectivity index (χ3v) is 7.39. The Kier molecular flexibility index (Phi) is 5.80. The molecule has 1 spiro atoms. The van der Waals surface area contributed by atoms with E-state index in [-0.39, 0.29) is 11.4 Å². The minimum Gasteiger partial charge on any atom is -0.353 e. The van der Waals surface area contributed by atoms with Gasteiger partial charge in [-0.3, -0.25) is 14.6 Å². The summed E-state index contributed by atoms with van der Waals surface area (Å²) in [6, 6.07) is 4.74. The van der Waals surface area contributed by atoms with Crippen LogP contribution >= 0.6 is 0 Å². The Balaban J connectivity index is 1.56. The van der Waals surface area contributed by atoms with Gasteiger partial charge in [0.2, 0.25) is 5.91 Å². The van der Waals surface area contributed by atoms with Crippen LogP contribution in [0, 0.1) is 19.8 Å². The average Bonchev–Trinajstić information content (AvgIpc) is 3.14. The van der Waals surface area contributed by atoms with Crippen molar-refractivity contribution in [3.05, 3.63) is 34.4 Å². The van der Waals surface area contributed by atoms with Crippen LogP contribution in [0.1, 0.15) is 67.7 Å². The van der Waals surface area contributed by atoms with Gasteiger partial charge in [-0.15, -0.1) is 0 Å². The van der Waals surface area contributed by atoms with Crippen LogP contribution in [-0.2, 0) is 17.9 Å². The molecule has 28 heavy (non-hydrogen) atoms. The molecule has 3 aliphatic rings. The van der Waals surface area contributed by atoms with Crippen molar-refractivity contribution >= 4 is 5.91 Å². The highest BCUT2D eigenvalue weighted by atomic mass is 16.2. The van der Waals surface area contributed by atoms with Gasteiger partial charge in [0.25, 0.3) is 0 Å². The summed E-state index contributed by atoms with van der Waals surface area (Å²) in [7, 11) is 0. The smallest absolute Gasteiger partial charge is 0.240 e. The van der Waals surface area contributed by atoms with E-state index in [2.05, 4.69) is 48.0 Å². The zero-order valence-corrected chi connectivity index (χ0v) is 18.0. The fourth-order valence-electron chi connectivity index (χ4n) is 5.78. The van der Waals surface area contributed by atoms with Crippen molar-refractivity contribution < 1.29 is 4.79 Å².